The summed E-state index contributed by atoms with van der Waals surface area (Å²) in [4.78, 5) is 35.0. The van der Waals surface area contributed by atoms with Gasteiger partial charge in [-0.2, -0.15) is 5.26 Å². The number of hydrogen-bond acceptors (Lipinski definition) is 7. The van der Waals surface area contributed by atoms with E-state index in [-0.39, 0.29) is 23.7 Å². The van der Waals surface area contributed by atoms with Crippen molar-refractivity contribution in [2.24, 2.45) is 0 Å². The summed E-state index contributed by atoms with van der Waals surface area (Å²) in [7, 11) is 1.38. The smallest absolute Gasteiger partial charge is 0.341 e. The molecule has 166 valence electrons. The Morgan fingerprint density at radius 1 is 1.22 bits per heavy atom. The number of esters is 1. The van der Waals surface area contributed by atoms with E-state index in [0.717, 1.165) is 0 Å². The minimum Gasteiger partial charge on any atom is -0.493 e. The molecular weight excluding hydrogens is 484 g/mol. The van der Waals surface area contributed by atoms with Crippen molar-refractivity contribution < 1.29 is 33.7 Å². The maximum atomic E-state index is 12.5. The number of carboxylic acid groups (broad SMARTS) is 1. The fourth-order valence-electron chi connectivity index (χ4n) is 2.51. The summed E-state index contributed by atoms with van der Waals surface area (Å²) in [6, 6.07) is 10.9. The summed E-state index contributed by atoms with van der Waals surface area (Å²) < 4.78 is 15.7. The van der Waals surface area contributed by atoms with Crippen LogP contribution < -0.4 is 14.8 Å². The van der Waals surface area contributed by atoms with Gasteiger partial charge in [-0.1, -0.05) is 0 Å². The lowest BCUT2D eigenvalue weighted by atomic mass is 10.1. The van der Waals surface area contributed by atoms with Crippen molar-refractivity contribution >= 4 is 45.5 Å². The highest BCUT2D eigenvalue weighted by Crippen LogP contribution is 2.37. The first-order valence-corrected chi connectivity index (χ1v) is 10.0. The molecule has 0 aromatic heterocycles. The van der Waals surface area contributed by atoms with Crippen molar-refractivity contribution in [3.63, 3.8) is 0 Å². The first-order chi connectivity index (χ1) is 15.3. The average molecular weight is 503 g/mol. The Kier molecular flexibility index (Phi) is 8.80. The molecule has 2 aromatic carbocycles. The molecule has 2 aromatic rings. The summed E-state index contributed by atoms with van der Waals surface area (Å²) in [5, 5.41) is 20.8. The Balaban J connectivity index is 2.22. The molecule has 0 spiro atoms. The van der Waals surface area contributed by atoms with Crippen LogP contribution in [0.2, 0.25) is 0 Å². The second-order valence-corrected chi connectivity index (χ2v) is 6.99. The molecule has 0 saturated heterocycles. The van der Waals surface area contributed by atoms with Crippen molar-refractivity contribution in [2.45, 2.75) is 6.92 Å². The van der Waals surface area contributed by atoms with Crippen LogP contribution in [-0.4, -0.2) is 43.3 Å². The number of hydrogen-bond donors (Lipinski definition) is 2. The number of amides is 1. The van der Waals surface area contributed by atoms with Gasteiger partial charge in [0.05, 0.1) is 23.8 Å². The van der Waals surface area contributed by atoms with Crippen LogP contribution in [0, 0.1) is 11.3 Å². The number of nitrogens with one attached hydrogen (secondary N) is 1. The number of carboxylic acids is 1. The Bertz CT molecular complexity index is 1090. The van der Waals surface area contributed by atoms with E-state index in [2.05, 4.69) is 21.2 Å². The quantitative estimate of drug-likeness (QED) is 0.301. The van der Waals surface area contributed by atoms with E-state index < -0.39 is 24.5 Å². The van der Waals surface area contributed by atoms with E-state index in [1.54, 1.807) is 13.0 Å². The van der Waals surface area contributed by atoms with Crippen molar-refractivity contribution in [2.75, 3.05) is 25.6 Å². The molecule has 0 radical (unpaired) electrons. The Morgan fingerprint density at radius 2 is 1.91 bits per heavy atom. The SMILES string of the molecule is CCOC(=O)c1ccc(NC(=O)/C(C#N)=C/c2cc(Br)c(OCC(=O)O)c(OC)c2)cc1. The lowest BCUT2D eigenvalue weighted by Crippen LogP contribution is -2.14. The standard InChI is InChI=1S/C22H19BrN2O7/c1-3-31-22(29)14-4-6-16(7-5-14)25-21(28)15(11-24)8-13-9-17(23)20(18(10-13)30-2)32-12-19(26)27/h4-10H,3,12H2,1-2H3,(H,25,28)(H,26,27)/b15-8+. The molecule has 0 fully saturated rings. The van der Waals surface area contributed by atoms with Crippen molar-refractivity contribution in [3.05, 3.63) is 57.6 Å². The zero-order chi connectivity index (χ0) is 23.7. The number of benzene rings is 2. The molecule has 1 amide bonds. The van der Waals surface area contributed by atoms with Gasteiger partial charge in [-0.25, -0.2) is 9.59 Å². The normalized spacial score (nSPS) is 10.6. The Labute approximate surface area is 192 Å². The van der Waals surface area contributed by atoms with E-state index in [9.17, 15) is 19.6 Å². The molecule has 0 heterocycles. The second kappa shape index (κ2) is 11.5. The van der Waals surface area contributed by atoms with Gasteiger partial charge in [-0.15, -0.1) is 0 Å². The largest absolute Gasteiger partial charge is 0.493 e. The minimum absolute atomic E-state index is 0.177. The summed E-state index contributed by atoms with van der Waals surface area (Å²) in [5.41, 5.74) is 0.983. The van der Waals surface area contributed by atoms with Crippen LogP contribution in [0.1, 0.15) is 22.8 Å². The van der Waals surface area contributed by atoms with Gasteiger partial charge in [0.25, 0.3) is 5.91 Å². The number of carbonyl (C=O) groups excluding carboxylic acids is 2. The number of anilines is 1. The Hall–Kier alpha value is -3.84. The highest BCUT2D eigenvalue weighted by molar-refractivity contribution is 9.10. The van der Waals surface area contributed by atoms with Crippen LogP contribution in [0.15, 0.2) is 46.4 Å². The average Bonchev–Trinajstić information content (AvgIpc) is 2.76. The highest BCUT2D eigenvalue weighted by atomic mass is 79.9. The number of methoxy groups -OCH3 is 1. The summed E-state index contributed by atoms with van der Waals surface area (Å²) in [6.45, 7) is 1.39. The minimum atomic E-state index is -1.15. The number of carbonyl (C=O) groups is 3. The monoisotopic (exact) mass is 502 g/mol. The lowest BCUT2D eigenvalue weighted by Gasteiger charge is -2.12. The first-order valence-electron chi connectivity index (χ1n) is 9.21. The Morgan fingerprint density at radius 3 is 2.47 bits per heavy atom. The third-order valence-corrected chi connectivity index (χ3v) is 4.51. The summed E-state index contributed by atoms with van der Waals surface area (Å²) in [6.07, 6.45) is 1.34. The molecule has 0 saturated carbocycles. The molecule has 0 bridgehead atoms. The zero-order valence-electron chi connectivity index (χ0n) is 17.2. The number of nitrogens with zero attached hydrogens (tertiary/aromatic N) is 1. The van der Waals surface area contributed by atoms with Crippen LogP contribution in [0.25, 0.3) is 6.08 Å². The van der Waals surface area contributed by atoms with Crippen molar-refractivity contribution in [1.29, 1.82) is 5.26 Å². The van der Waals surface area contributed by atoms with E-state index in [0.29, 0.717) is 21.3 Å². The van der Waals surface area contributed by atoms with Gasteiger partial charge in [0.2, 0.25) is 0 Å². The number of nitriles is 1. The number of aliphatic carboxylic acids is 1. The molecule has 2 rings (SSSR count). The molecule has 0 aliphatic rings. The van der Waals surface area contributed by atoms with E-state index in [4.69, 9.17) is 19.3 Å². The topological polar surface area (TPSA) is 135 Å². The van der Waals surface area contributed by atoms with E-state index in [1.807, 2.05) is 6.07 Å². The second-order valence-electron chi connectivity index (χ2n) is 6.14. The zero-order valence-corrected chi connectivity index (χ0v) is 18.8. The third kappa shape index (κ3) is 6.58. The molecule has 0 atom stereocenters. The summed E-state index contributed by atoms with van der Waals surface area (Å²) >= 11 is 3.27. The van der Waals surface area contributed by atoms with Gasteiger partial charge in [0, 0.05) is 5.69 Å². The van der Waals surface area contributed by atoms with Crippen molar-refractivity contribution in [3.8, 4) is 17.6 Å². The molecule has 10 heteroatoms. The molecule has 0 aliphatic heterocycles. The van der Waals surface area contributed by atoms with E-state index >= 15 is 0 Å². The molecule has 32 heavy (non-hydrogen) atoms. The molecule has 9 nitrogen and oxygen atoms in total. The van der Waals surface area contributed by atoms with E-state index in [1.165, 1.54) is 43.5 Å². The number of ether oxygens (including phenoxy) is 3. The lowest BCUT2D eigenvalue weighted by molar-refractivity contribution is -0.139. The molecule has 0 aliphatic carbocycles. The van der Waals surface area contributed by atoms with Crippen LogP contribution in [0.4, 0.5) is 5.69 Å². The number of halogens is 1. The van der Waals surface area contributed by atoms with Gasteiger partial charge in [0.1, 0.15) is 11.6 Å². The predicted molar refractivity (Wildman–Crippen MR) is 118 cm³/mol. The van der Waals surface area contributed by atoms with Gasteiger partial charge in [-0.3, -0.25) is 4.79 Å². The molecular formula is C22H19BrN2O7. The van der Waals surface area contributed by atoms with Gasteiger partial charge in [-0.05, 0) is 70.9 Å². The summed E-state index contributed by atoms with van der Waals surface area (Å²) in [5.74, 6) is -1.88. The fourth-order valence-corrected chi connectivity index (χ4v) is 3.09. The highest BCUT2D eigenvalue weighted by Gasteiger charge is 2.15. The van der Waals surface area contributed by atoms with Gasteiger partial charge >= 0.3 is 11.9 Å². The predicted octanol–water partition coefficient (Wildman–Crippen LogP) is 3.64. The maximum absolute atomic E-state index is 12.5. The van der Waals surface area contributed by atoms with Crippen LogP contribution in [0.5, 0.6) is 11.5 Å². The fraction of sp³-hybridized carbons (Fsp3) is 0.182. The maximum Gasteiger partial charge on any atom is 0.341 e. The van der Waals surface area contributed by atoms with Gasteiger partial charge in [0.15, 0.2) is 18.1 Å². The third-order valence-electron chi connectivity index (χ3n) is 3.92. The first kappa shape index (κ1) is 24.4. The van der Waals surface area contributed by atoms with Crippen molar-refractivity contribution in [1.82, 2.24) is 0 Å². The molecule has 0 unspecified atom stereocenters. The van der Waals surface area contributed by atoms with Crippen LogP contribution in [0.3, 0.4) is 0 Å². The molecule has 2 N–H and O–H groups in total. The van der Waals surface area contributed by atoms with Gasteiger partial charge < -0.3 is 24.6 Å². The number of rotatable bonds is 9. The van der Waals surface area contributed by atoms with Crippen LogP contribution in [-0.2, 0) is 14.3 Å². The van der Waals surface area contributed by atoms with Crippen LogP contribution >= 0.6 is 15.9 Å².